The molecule has 228 valence electrons. The van der Waals surface area contributed by atoms with Gasteiger partial charge in [0.05, 0.1) is 40.3 Å². The Morgan fingerprint density at radius 2 is 1.74 bits per heavy atom. The van der Waals surface area contributed by atoms with Gasteiger partial charge in [-0.25, -0.2) is 19.2 Å². The summed E-state index contributed by atoms with van der Waals surface area (Å²) in [6.45, 7) is 14.3. The van der Waals surface area contributed by atoms with Crippen molar-refractivity contribution in [1.29, 1.82) is 0 Å². The number of rotatable bonds is 6. The molecule has 0 aliphatic carbocycles. The van der Waals surface area contributed by atoms with E-state index in [1.54, 1.807) is 12.1 Å². The lowest BCUT2D eigenvalue weighted by Gasteiger charge is -2.47. The van der Waals surface area contributed by atoms with Gasteiger partial charge in [-0.05, 0) is 82.5 Å². The van der Waals surface area contributed by atoms with Gasteiger partial charge in [0.1, 0.15) is 17.3 Å². The number of hydrogen-bond donors (Lipinski definition) is 0. The average Bonchev–Trinajstić information content (AvgIpc) is 3.31. The molecule has 4 heterocycles. The fourth-order valence-electron chi connectivity index (χ4n) is 6.58. The summed E-state index contributed by atoms with van der Waals surface area (Å²) in [7, 11) is 1.37. The van der Waals surface area contributed by atoms with Crippen LogP contribution in [0.5, 0.6) is 0 Å². The number of hydrogen-bond acceptors (Lipinski definition) is 7. The summed E-state index contributed by atoms with van der Waals surface area (Å²) in [5, 5.41) is 0.0847. The number of benzene rings is 1. The normalized spacial score (nSPS) is 17.2. The first kappa shape index (κ1) is 30.7. The zero-order valence-electron chi connectivity index (χ0n) is 25.9. The molecule has 0 unspecified atom stereocenters. The van der Waals surface area contributed by atoms with Crippen LogP contribution in [0.25, 0.3) is 0 Å². The summed E-state index contributed by atoms with van der Waals surface area (Å²) in [5.74, 6) is -0.212. The van der Waals surface area contributed by atoms with E-state index in [9.17, 15) is 14.0 Å². The number of piperazine rings is 1. The van der Waals surface area contributed by atoms with Crippen LogP contribution in [0.3, 0.4) is 0 Å². The van der Waals surface area contributed by atoms with Crippen LogP contribution in [-0.2, 0) is 10.2 Å². The number of esters is 1. The van der Waals surface area contributed by atoms with Gasteiger partial charge in [-0.2, -0.15) is 0 Å². The van der Waals surface area contributed by atoms with E-state index in [-0.39, 0.29) is 16.3 Å². The third kappa shape index (κ3) is 5.32. The average molecular weight is 608 g/mol. The number of methoxy groups -OCH3 is 1. The number of anilines is 3. The number of fused-ring (bicyclic) bond motifs is 1. The highest BCUT2D eigenvalue weighted by molar-refractivity contribution is 6.30. The topological polar surface area (TPSA) is 78.9 Å². The number of aryl methyl sites for hydroxylation is 2. The molecule has 5 rings (SSSR count). The molecule has 1 amide bonds. The number of halogens is 2. The maximum Gasteiger partial charge on any atom is 0.339 e. The Kier molecular flexibility index (Phi) is 8.15. The second kappa shape index (κ2) is 11.4. The van der Waals surface area contributed by atoms with Crippen molar-refractivity contribution in [3.63, 3.8) is 0 Å². The second-order valence-corrected chi connectivity index (χ2v) is 12.6. The lowest BCUT2D eigenvalue weighted by Crippen LogP contribution is -2.61. The van der Waals surface area contributed by atoms with Crippen LogP contribution >= 0.6 is 11.6 Å². The highest BCUT2D eigenvalue weighted by atomic mass is 35.5. The van der Waals surface area contributed by atoms with Gasteiger partial charge in [0.15, 0.2) is 0 Å². The van der Waals surface area contributed by atoms with Crippen molar-refractivity contribution in [2.75, 3.05) is 43.1 Å². The molecule has 1 saturated heterocycles. The minimum absolute atomic E-state index is 0.0847. The third-order valence-corrected chi connectivity index (χ3v) is 9.47. The van der Waals surface area contributed by atoms with Crippen LogP contribution in [0.1, 0.15) is 78.3 Å². The van der Waals surface area contributed by atoms with Crippen LogP contribution < -0.4 is 9.80 Å². The maximum atomic E-state index is 14.4. The van der Waals surface area contributed by atoms with E-state index >= 15 is 0 Å². The number of aromatic nitrogens is 2. The van der Waals surface area contributed by atoms with E-state index in [1.165, 1.54) is 13.2 Å². The Morgan fingerprint density at radius 1 is 1.02 bits per heavy atom. The molecule has 0 saturated carbocycles. The molecule has 2 aliphatic heterocycles. The second-order valence-electron chi connectivity index (χ2n) is 12.2. The summed E-state index contributed by atoms with van der Waals surface area (Å²) in [6, 6.07) is 10.5. The highest BCUT2D eigenvalue weighted by Crippen LogP contribution is 2.47. The standard InChI is InChI=1S/C33H39ClFN5O3/c1-8-33(9-2)19-39(22-10-11-23(34)24(35)17-22)26-13-12-25(37-29(26)33)30(41)40-15-14-38(18-32(40,5)6)27-16-20(3)28(21(4)36-27)31(42)43-7/h10-13,16-17H,8-9,14-15,18-19H2,1-7H3. The Balaban J connectivity index is 1.42. The van der Waals surface area contributed by atoms with Crippen molar-refractivity contribution in [2.45, 2.75) is 65.3 Å². The predicted octanol–water partition coefficient (Wildman–Crippen LogP) is 6.62. The van der Waals surface area contributed by atoms with Gasteiger partial charge in [-0.15, -0.1) is 0 Å². The van der Waals surface area contributed by atoms with E-state index in [1.807, 2.05) is 50.8 Å². The maximum absolute atomic E-state index is 14.4. The van der Waals surface area contributed by atoms with E-state index in [0.29, 0.717) is 48.8 Å². The van der Waals surface area contributed by atoms with Gasteiger partial charge in [-0.1, -0.05) is 25.4 Å². The van der Waals surface area contributed by atoms with Gasteiger partial charge in [0.25, 0.3) is 5.91 Å². The molecule has 1 aromatic carbocycles. The molecular formula is C33H39ClFN5O3. The molecule has 3 aromatic rings. The van der Waals surface area contributed by atoms with Crippen molar-refractivity contribution in [1.82, 2.24) is 14.9 Å². The van der Waals surface area contributed by atoms with E-state index < -0.39 is 17.3 Å². The number of carbonyl (C=O) groups is 2. The zero-order chi connectivity index (χ0) is 31.3. The molecule has 0 radical (unpaired) electrons. The first-order valence-electron chi connectivity index (χ1n) is 14.7. The van der Waals surface area contributed by atoms with Crippen LogP contribution in [0.15, 0.2) is 36.4 Å². The summed E-state index contributed by atoms with van der Waals surface area (Å²) >= 11 is 5.96. The fraction of sp³-hybridized carbons (Fsp3) is 0.455. The molecular weight excluding hydrogens is 569 g/mol. The van der Waals surface area contributed by atoms with Crippen molar-refractivity contribution < 1.29 is 18.7 Å². The Bertz CT molecular complexity index is 1570. The third-order valence-electron chi connectivity index (χ3n) is 9.16. The molecule has 0 spiro atoms. The monoisotopic (exact) mass is 607 g/mol. The van der Waals surface area contributed by atoms with Crippen LogP contribution in [0.4, 0.5) is 21.6 Å². The van der Waals surface area contributed by atoms with Crippen molar-refractivity contribution in [3.8, 4) is 0 Å². The number of carbonyl (C=O) groups excluding carboxylic acids is 2. The lowest BCUT2D eigenvalue weighted by molar-refractivity contribution is 0.0505. The molecule has 2 aromatic heterocycles. The van der Waals surface area contributed by atoms with E-state index in [4.69, 9.17) is 26.3 Å². The smallest absolute Gasteiger partial charge is 0.339 e. The first-order chi connectivity index (χ1) is 20.4. The summed E-state index contributed by atoms with van der Waals surface area (Å²) < 4.78 is 19.3. The van der Waals surface area contributed by atoms with Gasteiger partial charge >= 0.3 is 5.97 Å². The Hall–Kier alpha value is -3.72. The predicted molar refractivity (Wildman–Crippen MR) is 167 cm³/mol. The van der Waals surface area contributed by atoms with Gasteiger partial charge in [0, 0.05) is 37.3 Å². The van der Waals surface area contributed by atoms with E-state index in [0.717, 1.165) is 35.6 Å². The van der Waals surface area contributed by atoms with Gasteiger partial charge in [-0.3, -0.25) is 4.79 Å². The summed E-state index contributed by atoms with van der Waals surface area (Å²) in [4.78, 5) is 42.1. The number of ether oxygens (including phenoxy) is 1. The van der Waals surface area contributed by atoms with Crippen LogP contribution in [0, 0.1) is 19.7 Å². The molecule has 1 fully saturated rings. The summed E-state index contributed by atoms with van der Waals surface area (Å²) in [6.07, 6.45) is 1.66. The largest absolute Gasteiger partial charge is 0.465 e. The highest BCUT2D eigenvalue weighted by Gasteiger charge is 2.44. The molecule has 0 atom stereocenters. The van der Waals surface area contributed by atoms with Gasteiger partial charge < -0.3 is 19.4 Å². The van der Waals surface area contributed by atoms with Crippen molar-refractivity contribution in [3.05, 3.63) is 75.4 Å². The number of pyridine rings is 2. The Morgan fingerprint density at radius 3 is 2.35 bits per heavy atom. The fourth-order valence-corrected chi connectivity index (χ4v) is 6.70. The Labute approximate surface area is 257 Å². The minimum Gasteiger partial charge on any atom is -0.465 e. The number of nitrogens with zero attached hydrogens (tertiary/aromatic N) is 5. The van der Waals surface area contributed by atoms with Crippen LogP contribution in [0.2, 0.25) is 5.02 Å². The van der Waals surface area contributed by atoms with Crippen LogP contribution in [-0.4, -0.2) is 65.6 Å². The molecule has 0 N–H and O–H groups in total. The number of amides is 1. The molecule has 2 aliphatic rings. The molecule has 10 heteroatoms. The lowest BCUT2D eigenvalue weighted by atomic mass is 9.80. The molecule has 8 nitrogen and oxygen atoms in total. The quantitative estimate of drug-likeness (QED) is 0.291. The zero-order valence-corrected chi connectivity index (χ0v) is 26.7. The molecule has 43 heavy (non-hydrogen) atoms. The van der Waals surface area contributed by atoms with Crippen molar-refractivity contribution >= 4 is 40.7 Å². The minimum atomic E-state index is -0.514. The SMILES string of the molecule is CCC1(CC)CN(c2ccc(Cl)c(F)c2)c2ccc(C(=O)N3CCN(c4cc(C)c(C(=O)OC)c(C)n4)CC3(C)C)nc21. The van der Waals surface area contributed by atoms with E-state index in [2.05, 4.69) is 23.6 Å². The van der Waals surface area contributed by atoms with Crippen molar-refractivity contribution in [2.24, 2.45) is 0 Å². The first-order valence-corrected chi connectivity index (χ1v) is 15.1. The summed E-state index contributed by atoms with van der Waals surface area (Å²) in [5.41, 5.74) is 4.00. The molecule has 0 bridgehead atoms. The van der Waals surface area contributed by atoms with Gasteiger partial charge in [0.2, 0.25) is 0 Å².